The van der Waals surface area contributed by atoms with E-state index in [-0.39, 0.29) is 5.91 Å². The van der Waals surface area contributed by atoms with E-state index in [1.807, 2.05) is 37.2 Å². The van der Waals surface area contributed by atoms with Crippen LogP contribution < -0.4 is 14.9 Å². The van der Waals surface area contributed by atoms with Gasteiger partial charge in [0.1, 0.15) is 6.34 Å². The van der Waals surface area contributed by atoms with Crippen LogP contribution in [-0.4, -0.2) is 77.8 Å². The molecule has 0 spiro atoms. The Balaban J connectivity index is 2.14. The van der Waals surface area contributed by atoms with E-state index in [4.69, 9.17) is 26.0 Å². The van der Waals surface area contributed by atoms with E-state index < -0.39 is 12.3 Å². The lowest BCUT2D eigenvalue weighted by molar-refractivity contribution is 0.0526. The quantitative estimate of drug-likeness (QED) is 0.341. The van der Waals surface area contributed by atoms with Gasteiger partial charge in [-0.05, 0) is 49.4 Å². The summed E-state index contributed by atoms with van der Waals surface area (Å²) in [4.78, 5) is 27.9. The predicted molar refractivity (Wildman–Crippen MR) is 139 cm³/mol. The molecule has 2 aromatic rings. The molecule has 8 nitrogen and oxygen atoms in total. The van der Waals surface area contributed by atoms with Crippen LogP contribution in [0.2, 0.25) is 0 Å². The van der Waals surface area contributed by atoms with Crippen LogP contribution in [0.15, 0.2) is 42.5 Å². The molecule has 0 saturated heterocycles. The standard InChI is InChI=1S/C24H32N3O5PS/c1-6-32-24(29)18-7-9-19(10-8-18)27-23(28)21-17-20(25(2)3)11-12-22(21)33(27,34)26(13-15-30-4)14-16-31-5/h7-12,17H,6,13-16H2,1-5H3. The van der Waals surface area contributed by atoms with Crippen LogP contribution in [0.1, 0.15) is 27.6 Å². The van der Waals surface area contributed by atoms with Gasteiger partial charge in [0.15, 0.2) is 0 Å². The lowest BCUT2D eigenvalue weighted by atomic mass is 10.1. The zero-order chi connectivity index (χ0) is 24.9. The van der Waals surface area contributed by atoms with Crippen LogP contribution >= 0.6 is 6.34 Å². The minimum absolute atomic E-state index is 0.147. The van der Waals surface area contributed by atoms with Gasteiger partial charge >= 0.3 is 5.97 Å². The molecule has 0 aromatic heterocycles. The SMILES string of the molecule is CCOC(=O)c1ccc(N2C(=O)c3cc(N(C)C)ccc3P2(=S)N(CCOC)CCOC)cc1. The highest BCUT2D eigenvalue weighted by molar-refractivity contribution is 8.18. The fourth-order valence-corrected chi connectivity index (χ4v) is 8.35. The largest absolute Gasteiger partial charge is 0.462 e. The van der Waals surface area contributed by atoms with E-state index in [0.29, 0.717) is 49.7 Å². The third-order valence-corrected chi connectivity index (χ3v) is 10.5. The summed E-state index contributed by atoms with van der Waals surface area (Å²) in [5.41, 5.74) is 2.59. The molecule has 10 heteroatoms. The summed E-state index contributed by atoms with van der Waals surface area (Å²) in [7, 11) is 7.16. The molecule has 0 aliphatic carbocycles. The van der Waals surface area contributed by atoms with Gasteiger partial charge in [-0.3, -0.25) is 14.1 Å². The Labute approximate surface area is 206 Å². The fraction of sp³-hybridized carbons (Fsp3) is 0.417. The minimum atomic E-state index is -2.76. The minimum Gasteiger partial charge on any atom is -0.462 e. The summed E-state index contributed by atoms with van der Waals surface area (Å²) >= 11 is 6.41. The molecule has 1 aliphatic rings. The number of hydrogen-bond donors (Lipinski definition) is 0. The first-order valence-corrected chi connectivity index (χ1v) is 13.8. The van der Waals surface area contributed by atoms with E-state index in [1.54, 1.807) is 50.1 Å². The molecule has 2 aromatic carbocycles. The number of nitrogens with zero attached hydrogens (tertiary/aromatic N) is 3. The average molecular weight is 506 g/mol. The van der Waals surface area contributed by atoms with Gasteiger partial charge in [0.25, 0.3) is 5.91 Å². The lowest BCUT2D eigenvalue weighted by Crippen LogP contribution is -2.37. The lowest BCUT2D eigenvalue weighted by Gasteiger charge is -2.38. The van der Waals surface area contributed by atoms with E-state index in [2.05, 4.69) is 4.67 Å². The van der Waals surface area contributed by atoms with Crippen molar-refractivity contribution in [3.8, 4) is 0 Å². The van der Waals surface area contributed by atoms with Gasteiger partial charge in [-0.15, -0.1) is 0 Å². The first-order valence-electron chi connectivity index (χ1n) is 11.1. The summed E-state index contributed by atoms with van der Waals surface area (Å²) in [6, 6.07) is 12.7. The van der Waals surface area contributed by atoms with Gasteiger partial charge < -0.3 is 19.1 Å². The second kappa shape index (κ2) is 11.4. The monoisotopic (exact) mass is 505 g/mol. The Bertz CT molecular complexity index is 1070. The van der Waals surface area contributed by atoms with Crippen molar-refractivity contribution < 1.29 is 23.8 Å². The van der Waals surface area contributed by atoms with E-state index in [0.717, 1.165) is 11.0 Å². The number of esters is 1. The maximum absolute atomic E-state index is 13.8. The van der Waals surface area contributed by atoms with Crippen molar-refractivity contribution in [2.75, 3.05) is 70.8 Å². The van der Waals surface area contributed by atoms with Crippen molar-refractivity contribution in [2.24, 2.45) is 0 Å². The van der Waals surface area contributed by atoms with Crippen LogP contribution in [0, 0.1) is 0 Å². The Morgan fingerprint density at radius 1 is 1.03 bits per heavy atom. The Hall–Kier alpha value is -2.29. The van der Waals surface area contributed by atoms with Gasteiger partial charge in [-0.25, -0.2) is 4.79 Å². The fourth-order valence-electron chi connectivity index (χ4n) is 3.85. The Morgan fingerprint density at radius 2 is 1.65 bits per heavy atom. The molecule has 34 heavy (non-hydrogen) atoms. The molecule has 0 fully saturated rings. The number of rotatable bonds is 11. The van der Waals surface area contributed by atoms with Crippen LogP contribution in [0.25, 0.3) is 0 Å². The number of methoxy groups -OCH3 is 2. The Morgan fingerprint density at radius 3 is 2.18 bits per heavy atom. The van der Waals surface area contributed by atoms with Gasteiger partial charge in [0.05, 0.1) is 36.6 Å². The molecular weight excluding hydrogens is 473 g/mol. The van der Waals surface area contributed by atoms with Gasteiger partial charge in [-0.2, -0.15) is 0 Å². The number of carbonyl (C=O) groups is 2. The normalized spacial score (nSPS) is 17.2. The highest BCUT2D eigenvalue weighted by atomic mass is 32.4. The van der Waals surface area contributed by atoms with Crippen molar-refractivity contribution in [1.29, 1.82) is 0 Å². The van der Waals surface area contributed by atoms with Gasteiger partial charge in [-0.1, -0.05) is 11.8 Å². The molecule has 184 valence electrons. The summed E-state index contributed by atoms with van der Waals surface area (Å²) in [5.74, 6) is -0.548. The average Bonchev–Trinajstić information content (AvgIpc) is 3.06. The summed E-state index contributed by atoms with van der Waals surface area (Å²) < 4.78 is 19.7. The number of fused-ring (bicyclic) bond motifs is 1. The third kappa shape index (κ3) is 5.04. The molecule has 0 N–H and O–H groups in total. The maximum atomic E-state index is 13.8. The molecule has 1 heterocycles. The van der Waals surface area contributed by atoms with Gasteiger partial charge in [0.2, 0.25) is 0 Å². The van der Waals surface area contributed by atoms with Crippen molar-refractivity contribution in [1.82, 2.24) is 4.67 Å². The number of benzene rings is 2. The van der Waals surface area contributed by atoms with Crippen molar-refractivity contribution in [2.45, 2.75) is 6.92 Å². The van der Waals surface area contributed by atoms with E-state index >= 15 is 0 Å². The van der Waals surface area contributed by atoms with E-state index in [1.165, 1.54) is 0 Å². The van der Waals surface area contributed by atoms with Crippen molar-refractivity contribution in [3.63, 3.8) is 0 Å². The van der Waals surface area contributed by atoms with Crippen LogP contribution in [0.3, 0.4) is 0 Å². The molecule has 0 bridgehead atoms. The summed E-state index contributed by atoms with van der Waals surface area (Å²) in [6.07, 6.45) is -2.76. The predicted octanol–water partition coefficient (Wildman–Crippen LogP) is 3.12. The third-order valence-electron chi connectivity index (χ3n) is 5.62. The van der Waals surface area contributed by atoms with Gasteiger partial charge in [0, 0.05) is 52.4 Å². The zero-order valence-corrected chi connectivity index (χ0v) is 22.0. The molecule has 1 amide bonds. The summed E-state index contributed by atoms with van der Waals surface area (Å²) in [6.45, 7) is 4.10. The zero-order valence-electron chi connectivity index (χ0n) is 20.3. The second-order valence-electron chi connectivity index (χ2n) is 7.96. The highest BCUT2D eigenvalue weighted by Gasteiger charge is 2.47. The van der Waals surface area contributed by atoms with Crippen molar-refractivity contribution in [3.05, 3.63) is 53.6 Å². The van der Waals surface area contributed by atoms with E-state index in [9.17, 15) is 9.59 Å². The number of hydrogen-bond acceptors (Lipinski definition) is 7. The highest BCUT2D eigenvalue weighted by Crippen LogP contribution is 2.59. The molecule has 3 rings (SSSR count). The number of amides is 1. The second-order valence-corrected chi connectivity index (χ2v) is 12.0. The molecular formula is C24H32N3O5PS. The Kier molecular flexibility index (Phi) is 8.84. The number of carbonyl (C=O) groups excluding carboxylic acids is 2. The number of ether oxygens (including phenoxy) is 3. The molecule has 0 saturated carbocycles. The molecule has 0 radical (unpaired) electrons. The molecule has 1 atom stereocenters. The summed E-state index contributed by atoms with van der Waals surface area (Å²) in [5, 5.41) is 0.847. The number of anilines is 2. The van der Waals surface area contributed by atoms with Crippen LogP contribution in [-0.2, 0) is 26.0 Å². The maximum Gasteiger partial charge on any atom is 0.338 e. The van der Waals surface area contributed by atoms with Crippen LogP contribution in [0.5, 0.6) is 0 Å². The first-order chi connectivity index (χ1) is 16.3. The first kappa shape index (κ1) is 26.3. The molecule has 1 unspecified atom stereocenters. The molecule has 1 aliphatic heterocycles. The smallest absolute Gasteiger partial charge is 0.338 e. The topological polar surface area (TPSA) is 71.6 Å². The van der Waals surface area contributed by atoms with Crippen molar-refractivity contribution >= 4 is 46.7 Å². The van der Waals surface area contributed by atoms with Crippen LogP contribution in [0.4, 0.5) is 11.4 Å².